The van der Waals surface area contributed by atoms with E-state index in [1.807, 2.05) is 23.4 Å². The third-order valence-electron chi connectivity index (χ3n) is 3.33. The molecular formula is C15H22N4OS. The molecule has 6 heteroatoms. The Kier molecular flexibility index (Phi) is 5.67. The average Bonchev–Trinajstić information content (AvgIpc) is 2.93. The standard InChI is InChI=1S/C15H22N4OS/c1-4-19-15(13(20-3)10-17-19)14(18-16)11-6-8-12(9-7-11)21-5-2/h6-10,14,18H,4-5,16H2,1-3H3. The number of ether oxygens (including phenoxy) is 1. The normalized spacial score (nSPS) is 12.4. The molecule has 0 spiro atoms. The molecule has 21 heavy (non-hydrogen) atoms. The smallest absolute Gasteiger partial charge is 0.161 e. The first-order chi connectivity index (χ1) is 10.2. The van der Waals surface area contributed by atoms with Crippen molar-refractivity contribution in [2.45, 2.75) is 31.3 Å². The third-order valence-corrected chi connectivity index (χ3v) is 4.22. The van der Waals surface area contributed by atoms with Crippen LogP contribution in [0.3, 0.4) is 0 Å². The van der Waals surface area contributed by atoms with E-state index >= 15 is 0 Å². The van der Waals surface area contributed by atoms with E-state index in [0.717, 1.165) is 29.3 Å². The molecule has 3 N–H and O–H groups in total. The minimum absolute atomic E-state index is 0.150. The van der Waals surface area contributed by atoms with Crippen molar-refractivity contribution in [2.75, 3.05) is 12.9 Å². The summed E-state index contributed by atoms with van der Waals surface area (Å²) in [5.41, 5.74) is 4.91. The van der Waals surface area contributed by atoms with E-state index in [-0.39, 0.29) is 6.04 Å². The average molecular weight is 306 g/mol. The zero-order chi connectivity index (χ0) is 15.2. The summed E-state index contributed by atoms with van der Waals surface area (Å²) < 4.78 is 7.31. The van der Waals surface area contributed by atoms with Crippen LogP contribution in [0.1, 0.15) is 31.1 Å². The number of methoxy groups -OCH3 is 1. The van der Waals surface area contributed by atoms with Crippen molar-refractivity contribution in [3.63, 3.8) is 0 Å². The van der Waals surface area contributed by atoms with Crippen molar-refractivity contribution < 1.29 is 4.74 Å². The van der Waals surface area contributed by atoms with Crippen LogP contribution in [0, 0.1) is 0 Å². The highest BCUT2D eigenvalue weighted by Crippen LogP contribution is 2.30. The van der Waals surface area contributed by atoms with Crippen LogP contribution in [0.2, 0.25) is 0 Å². The topological polar surface area (TPSA) is 65.1 Å². The highest BCUT2D eigenvalue weighted by Gasteiger charge is 2.22. The molecule has 1 unspecified atom stereocenters. The lowest BCUT2D eigenvalue weighted by Gasteiger charge is -2.19. The van der Waals surface area contributed by atoms with Crippen molar-refractivity contribution >= 4 is 11.8 Å². The zero-order valence-electron chi connectivity index (χ0n) is 12.7. The molecule has 2 rings (SSSR count). The van der Waals surface area contributed by atoms with Gasteiger partial charge in [0.15, 0.2) is 5.75 Å². The number of aryl methyl sites for hydroxylation is 1. The lowest BCUT2D eigenvalue weighted by molar-refractivity contribution is 0.399. The summed E-state index contributed by atoms with van der Waals surface area (Å²) in [4.78, 5) is 1.26. The Hall–Kier alpha value is -1.50. The van der Waals surface area contributed by atoms with Gasteiger partial charge in [-0.2, -0.15) is 5.10 Å². The maximum Gasteiger partial charge on any atom is 0.161 e. The van der Waals surface area contributed by atoms with E-state index in [9.17, 15) is 0 Å². The lowest BCUT2D eigenvalue weighted by atomic mass is 10.0. The second-order valence-electron chi connectivity index (χ2n) is 4.52. The highest BCUT2D eigenvalue weighted by molar-refractivity contribution is 7.99. The van der Waals surface area contributed by atoms with Gasteiger partial charge >= 0.3 is 0 Å². The molecular weight excluding hydrogens is 284 g/mol. The largest absolute Gasteiger partial charge is 0.493 e. The van der Waals surface area contributed by atoms with E-state index < -0.39 is 0 Å². The monoisotopic (exact) mass is 306 g/mol. The van der Waals surface area contributed by atoms with E-state index in [1.54, 1.807) is 13.3 Å². The summed E-state index contributed by atoms with van der Waals surface area (Å²) >= 11 is 1.82. The molecule has 0 saturated carbocycles. The summed E-state index contributed by atoms with van der Waals surface area (Å²) in [6.07, 6.45) is 1.73. The number of nitrogens with two attached hydrogens (primary N) is 1. The lowest BCUT2D eigenvalue weighted by Crippen LogP contribution is -2.31. The number of hydrogen-bond acceptors (Lipinski definition) is 5. The van der Waals surface area contributed by atoms with E-state index in [1.165, 1.54) is 4.90 Å². The summed E-state index contributed by atoms with van der Waals surface area (Å²) in [5, 5.41) is 4.34. The number of nitrogens with one attached hydrogen (secondary N) is 1. The van der Waals surface area contributed by atoms with Crippen LogP contribution in [0.4, 0.5) is 0 Å². The van der Waals surface area contributed by atoms with Gasteiger partial charge in [-0.25, -0.2) is 5.43 Å². The third kappa shape index (κ3) is 3.40. The molecule has 0 amide bonds. The maximum absolute atomic E-state index is 5.79. The molecule has 0 aliphatic heterocycles. The summed E-state index contributed by atoms with van der Waals surface area (Å²) in [6.45, 7) is 4.96. The molecule has 114 valence electrons. The number of hydrogen-bond donors (Lipinski definition) is 2. The van der Waals surface area contributed by atoms with Crippen LogP contribution in [0.15, 0.2) is 35.4 Å². The number of thioether (sulfide) groups is 1. The second kappa shape index (κ2) is 7.49. The molecule has 1 aromatic heterocycles. The minimum atomic E-state index is -0.150. The minimum Gasteiger partial charge on any atom is -0.493 e. The van der Waals surface area contributed by atoms with Crippen molar-refractivity contribution in [2.24, 2.45) is 5.84 Å². The number of nitrogens with zero attached hydrogens (tertiary/aromatic N) is 2. The van der Waals surface area contributed by atoms with Gasteiger partial charge in [0.2, 0.25) is 0 Å². The Morgan fingerprint density at radius 1 is 1.33 bits per heavy atom. The van der Waals surface area contributed by atoms with Gasteiger partial charge in [0.1, 0.15) is 5.69 Å². The van der Waals surface area contributed by atoms with Gasteiger partial charge < -0.3 is 4.74 Å². The van der Waals surface area contributed by atoms with Crippen LogP contribution >= 0.6 is 11.8 Å². The molecule has 1 heterocycles. The first kappa shape index (κ1) is 15.9. The molecule has 0 aliphatic carbocycles. The van der Waals surface area contributed by atoms with Gasteiger partial charge in [-0.15, -0.1) is 11.8 Å². The van der Waals surface area contributed by atoms with Crippen LogP contribution in [-0.4, -0.2) is 22.6 Å². The number of aromatic nitrogens is 2. The molecule has 5 nitrogen and oxygen atoms in total. The van der Waals surface area contributed by atoms with Crippen LogP contribution in [0.25, 0.3) is 0 Å². The van der Waals surface area contributed by atoms with Crippen molar-refractivity contribution in [1.82, 2.24) is 15.2 Å². The Labute approximate surface area is 129 Å². The van der Waals surface area contributed by atoms with Crippen molar-refractivity contribution in [3.05, 3.63) is 41.7 Å². The molecule has 1 atom stereocenters. The van der Waals surface area contributed by atoms with Gasteiger partial charge in [-0.05, 0) is 30.4 Å². The molecule has 0 fully saturated rings. The summed E-state index contributed by atoms with van der Waals surface area (Å²) in [7, 11) is 1.65. The molecule has 2 aromatic rings. The summed E-state index contributed by atoms with van der Waals surface area (Å²) in [5.74, 6) is 7.59. The van der Waals surface area contributed by atoms with Gasteiger partial charge in [-0.3, -0.25) is 10.5 Å². The predicted octanol–water partition coefficient (Wildman–Crippen LogP) is 2.58. The van der Waals surface area contributed by atoms with Gasteiger partial charge in [0, 0.05) is 11.4 Å². The molecule has 1 aromatic carbocycles. The van der Waals surface area contributed by atoms with Gasteiger partial charge in [-0.1, -0.05) is 19.1 Å². The maximum atomic E-state index is 5.79. The van der Waals surface area contributed by atoms with Crippen LogP contribution < -0.4 is 16.0 Å². The molecule has 0 bridgehead atoms. The van der Waals surface area contributed by atoms with Crippen LogP contribution in [0.5, 0.6) is 5.75 Å². The molecule has 0 aliphatic rings. The predicted molar refractivity (Wildman–Crippen MR) is 86.5 cm³/mol. The summed E-state index contributed by atoms with van der Waals surface area (Å²) in [6, 6.07) is 8.27. The first-order valence-electron chi connectivity index (χ1n) is 7.03. The van der Waals surface area contributed by atoms with E-state index in [4.69, 9.17) is 10.6 Å². The van der Waals surface area contributed by atoms with Crippen molar-refractivity contribution in [3.8, 4) is 5.75 Å². The molecule has 0 radical (unpaired) electrons. The number of rotatable bonds is 7. The van der Waals surface area contributed by atoms with Gasteiger partial charge in [0.25, 0.3) is 0 Å². The zero-order valence-corrected chi connectivity index (χ0v) is 13.5. The quantitative estimate of drug-likeness (QED) is 0.467. The fourth-order valence-corrected chi connectivity index (χ4v) is 3.00. The fraction of sp³-hybridized carbons (Fsp3) is 0.400. The Balaban J connectivity index is 2.37. The Morgan fingerprint density at radius 2 is 2.05 bits per heavy atom. The van der Waals surface area contributed by atoms with Gasteiger partial charge in [0.05, 0.1) is 19.3 Å². The Bertz CT molecular complexity index is 546. The highest BCUT2D eigenvalue weighted by atomic mass is 32.2. The number of benzene rings is 1. The Morgan fingerprint density at radius 3 is 2.57 bits per heavy atom. The van der Waals surface area contributed by atoms with Crippen molar-refractivity contribution in [1.29, 1.82) is 0 Å². The van der Waals surface area contributed by atoms with Crippen LogP contribution in [-0.2, 0) is 6.54 Å². The fourth-order valence-electron chi connectivity index (χ4n) is 2.33. The SMILES string of the molecule is CCSc1ccc(C(NN)c2c(OC)cnn2CC)cc1. The van der Waals surface area contributed by atoms with E-state index in [0.29, 0.717) is 0 Å². The molecule has 0 saturated heterocycles. The number of hydrazine groups is 1. The van der Waals surface area contributed by atoms with E-state index in [2.05, 4.69) is 41.7 Å². The second-order valence-corrected chi connectivity index (χ2v) is 5.85. The first-order valence-corrected chi connectivity index (χ1v) is 8.02.